The highest BCUT2D eigenvalue weighted by Gasteiger charge is 2.17. The van der Waals surface area contributed by atoms with Crippen molar-refractivity contribution in [1.29, 1.82) is 0 Å². The normalized spacial score (nSPS) is 16.2. The van der Waals surface area contributed by atoms with E-state index >= 15 is 0 Å². The maximum absolute atomic E-state index is 3.97. The molecule has 2 atom stereocenters. The van der Waals surface area contributed by atoms with Gasteiger partial charge in [0.25, 0.3) is 0 Å². The van der Waals surface area contributed by atoms with Crippen LogP contribution in [-0.4, -0.2) is 25.0 Å². The van der Waals surface area contributed by atoms with Gasteiger partial charge in [-0.05, 0) is 33.4 Å². The van der Waals surface area contributed by atoms with Gasteiger partial charge >= 0.3 is 0 Å². The van der Waals surface area contributed by atoms with E-state index in [2.05, 4.69) is 46.3 Å². The van der Waals surface area contributed by atoms with E-state index in [1.54, 1.807) is 0 Å². The van der Waals surface area contributed by atoms with Crippen LogP contribution in [0.5, 0.6) is 0 Å². The molecule has 0 aromatic carbocycles. The maximum atomic E-state index is 3.97. The van der Waals surface area contributed by atoms with Crippen LogP contribution in [0.25, 0.3) is 0 Å². The Labute approximate surface area is 77.5 Å². The van der Waals surface area contributed by atoms with Crippen molar-refractivity contribution < 1.29 is 0 Å². The Morgan fingerprint density at radius 1 is 1.42 bits per heavy atom. The predicted molar refractivity (Wildman–Crippen MR) is 56.4 cm³/mol. The smallest absolute Gasteiger partial charge is 0.0152 e. The molecule has 1 heteroatoms. The van der Waals surface area contributed by atoms with Gasteiger partial charge in [-0.2, -0.15) is 0 Å². The number of rotatable bonds is 5. The molecule has 0 saturated heterocycles. The van der Waals surface area contributed by atoms with Crippen LogP contribution in [0.1, 0.15) is 33.6 Å². The molecule has 0 aromatic heterocycles. The van der Waals surface area contributed by atoms with Crippen molar-refractivity contribution in [3.63, 3.8) is 0 Å². The zero-order valence-electron chi connectivity index (χ0n) is 9.22. The first kappa shape index (κ1) is 11.7. The zero-order valence-corrected chi connectivity index (χ0v) is 9.22. The average molecular weight is 169 g/mol. The Kier molecular flexibility index (Phi) is 5.23. The van der Waals surface area contributed by atoms with Crippen molar-refractivity contribution in [3.05, 3.63) is 12.2 Å². The van der Waals surface area contributed by atoms with E-state index in [1.165, 1.54) is 12.0 Å². The van der Waals surface area contributed by atoms with Crippen LogP contribution in [0.4, 0.5) is 0 Å². The minimum atomic E-state index is 0.660. The van der Waals surface area contributed by atoms with Crippen LogP contribution >= 0.6 is 0 Å². The minimum Gasteiger partial charge on any atom is -0.306 e. The lowest BCUT2D eigenvalue weighted by Crippen LogP contribution is -2.33. The Morgan fingerprint density at radius 2 is 1.92 bits per heavy atom. The summed E-state index contributed by atoms with van der Waals surface area (Å²) < 4.78 is 0. The van der Waals surface area contributed by atoms with Crippen molar-refractivity contribution in [2.24, 2.45) is 5.92 Å². The molecule has 0 fully saturated rings. The molecule has 0 aliphatic rings. The lowest BCUT2D eigenvalue weighted by atomic mass is 9.93. The molecule has 0 aliphatic heterocycles. The first-order valence-electron chi connectivity index (χ1n) is 4.79. The van der Waals surface area contributed by atoms with E-state index in [-0.39, 0.29) is 0 Å². The molecule has 1 unspecified atom stereocenters. The average Bonchev–Trinajstić information content (AvgIpc) is 1.98. The van der Waals surface area contributed by atoms with Gasteiger partial charge in [-0.15, -0.1) is 6.58 Å². The van der Waals surface area contributed by atoms with Crippen LogP contribution in [0, 0.1) is 5.92 Å². The molecular formula is C11H23N. The molecular weight excluding hydrogens is 146 g/mol. The molecule has 0 bridgehead atoms. The van der Waals surface area contributed by atoms with E-state index in [1.807, 2.05) is 0 Å². The standard InChI is InChI=1S/C11H23N/c1-7-10(4)11(12(5)6)8-9(2)3/h10-11H,2,7-8H2,1,3-6H3/t10?,11-/m1/s1. The molecule has 0 N–H and O–H groups in total. The zero-order chi connectivity index (χ0) is 9.72. The highest BCUT2D eigenvalue weighted by molar-refractivity contribution is 4.94. The van der Waals surface area contributed by atoms with Crippen LogP contribution in [-0.2, 0) is 0 Å². The SMILES string of the molecule is C=C(C)C[C@H](C(C)CC)N(C)C. The Hall–Kier alpha value is -0.300. The molecule has 0 saturated carbocycles. The number of hydrogen-bond acceptors (Lipinski definition) is 1. The molecule has 0 spiro atoms. The fourth-order valence-electron chi connectivity index (χ4n) is 1.52. The van der Waals surface area contributed by atoms with Gasteiger partial charge in [-0.3, -0.25) is 0 Å². The Morgan fingerprint density at radius 3 is 2.17 bits per heavy atom. The second kappa shape index (κ2) is 5.36. The fourth-order valence-corrected chi connectivity index (χ4v) is 1.52. The van der Waals surface area contributed by atoms with Crippen molar-refractivity contribution >= 4 is 0 Å². The van der Waals surface area contributed by atoms with Crippen LogP contribution in [0.15, 0.2) is 12.2 Å². The summed E-state index contributed by atoms with van der Waals surface area (Å²) in [7, 11) is 4.31. The van der Waals surface area contributed by atoms with E-state index < -0.39 is 0 Å². The van der Waals surface area contributed by atoms with Gasteiger partial charge in [0.05, 0.1) is 0 Å². The summed E-state index contributed by atoms with van der Waals surface area (Å²) in [5.74, 6) is 0.761. The highest BCUT2D eigenvalue weighted by Crippen LogP contribution is 2.18. The molecule has 0 radical (unpaired) electrons. The van der Waals surface area contributed by atoms with Gasteiger partial charge in [-0.1, -0.05) is 25.8 Å². The summed E-state index contributed by atoms with van der Waals surface area (Å²) >= 11 is 0. The van der Waals surface area contributed by atoms with Gasteiger partial charge in [-0.25, -0.2) is 0 Å². The largest absolute Gasteiger partial charge is 0.306 e. The van der Waals surface area contributed by atoms with Crippen LogP contribution in [0.2, 0.25) is 0 Å². The van der Waals surface area contributed by atoms with Gasteiger partial charge in [0, 0.05) is 6.04 Å². The van der Waals surface area contributed by atoms with Crippen LogP contribution in [0.3, 0.4) is 0 Å². The molecule has 72 valence electrons. The van der Waals surface area contributed by atoms with Crippen molar-refractivity contribution in [3.8, 4) is 0 Å². The second-order valence-electron chi connectivity index (χ2n) is 4.08. The third-order valence-electron chi connectivity index (χ3n) is 2.52. The summed E-state index contributed by atoms with van der Waals surface area (Å²) in [6, 6.07) is 0.660. The molecule has 0 rings (SSSR count). The van der Waals surface area contributed by atoms with Crippen molar-refractivity contribution in [2.45, 2.75) is 39.7 Å². The van der Waals surface area contributed by atoms with Gasteiger partial charge in [0.1, 0.15) is 0 Å². The molecule has 12 heavy (non-hydrogen) atoms. The summed E-state index contributed by atoms with van der Waals surface area (Å²) in [5.41, 5.74) is 1.29. The third kappa shape index (κ3) is 3.91. The molecule has 0 aliphatic carbocycles. The molecule has 0 aromatic rings. The third-order valence-corrected chi connectivity index (χ3v) is 2.52. The summed E-state index contributed by atoms with van der Waals surface area (Å²) in [5, 5.41) is 0. The molecule has 0 heterocycles. The predicted octanol–water partition coefficient (Wildman–Crippen LogP) is 2.93. The summed E-state index contributed by atoms with van der Waals surface area (Å²) in [6.45, 7) is 10.6. The van der Waals surface area contributed by atoms with Crippen molar-refractivity contribution in [1.82, 2.24) is 4.90 Å². The monoisotopic (exact) mass is 169 g/mol. The fraction of sp³-hybridized carbons (Fsp3) is 0.818. The Balaban J connectivity index is 4.12. The number of nitrogens with zero attached hydrogens (tertiary/aromatic N) is 1. The summed E-state index contributed by atoms with van der Waals surface area (Å²) in [4.78, 5) is 2.31. The number of hydrogen-bond donors (Lipinski definition) is 0. The van der Waals surface area contributed by atoms with Gasteiger partial charge in [0.15, 0.2) is 0 Å². The van der Waals surface area contributed by atoms with Crippen LogP contribution < -0.4 is 0 Å². The quantitative estimate of drug-likeness (QED) is 0.572. The van der Waals surface area contributed by atoms with Gasteiger partial charge < -0.3 is 4.90 Å². The van der Waals surface area contributed by atoms with E-state index in [0.717, 1.165) is 12.3 Å². The molecule has 1 nitrogen and oxygen atoms in total. The highest BCUT2D eigenvalue weighted by atomic mass is 15.1. The lowest BCUT2D eigenvalue weighted by Gasteiger charge is -2.29. The lowest BCUT2D eigenvalue weighted by molar-refractivity contribution is 0.214. The second-order valence-corrected chi connectivity index (χ2v) is 4.08. The maximum Gasteiger partial charge on any atom is 0.0152 e. The van der Waals surface area contributed by atoms with Crippen molar-refractivity contribution in [2.75, 3.05) is 14.1 Å². The van der Waals surface area contributed by atoms with E-state index in [0.29, 0.717) is 6.04 Å². The Bertz CT molecular complexity index is 138. The molecule has 0 amide bonds. The topological polar surface area (TPSA) is 3.24 Å². The van der Waals surface area contributed by atoms with Gasteiger partial charge in [0.2, 0.25) is 0 Å². The van der Waals surface area contributed by atoms with E-state index in [9.17, 15) is 0 Å². The first-order valence-corrected chi connectivity index (χ1v) is 4.79. The minimum absolute atomic E-state index is 0.660. The first-order chi connectivity index (χ1) is 5.49. The van der Waals surface area contributed by atoms with E-state index in [4.69, 9.17) is 0 Å². The summed E-state index contributed by atoms with van der Waals surface area (Å²) in [6.07, 6.45) is 2.37.